The van der Waals surface area contributed by atoms with Crippen LogP contribution in [0, 0.1) is 0 Å². The Kier molecular flexibility index (Phi) is 3.72. The molecule has 0 unspecified atom stereocenters. The van der Waals surface area contributed by atoms with Crippen molar-refractivity contribution in [2.75, 3.05) is 7.05 Å². The number of allylic oxidation sites excluding steroid dienone is 1. The highest BCUT2D eigenvalue weighted by molar-refractivity contribution is 5.76. The van der Waals surface area contributed by atoms with Crippen LogP contribution in [0.2, 0.25) is 0 Å². The predicted molar refractivity (Wildman–Crippen MR) is 55.4 cm³/mol. The quantitative estimate of drug-likeness (QED) is 0.652. The molecule has 0 aromatic heterocycles. The molecule has 2 amide bonds. The molecule has 0 fully saturated rings. The fourth-order valence-electron chi connectivity index (χ4n) is 0.577. The highest BCUT2D eigenvalue weighted by Crippen LogP contribution is 2.10. The number of urea groups is 1. The lowest BCUT2D eigenvalue weighted by molar-refractivity contribution is 0.168. The first-order chi connectivity index (χ1) is 5.79. The van der Waals surface area contributed by atoms with Crippen molar-refractivity contribution in [2.45, 2.75) is 26.3 Å². The second-order valence-electron chi connectivity index (χ2n) is 3.89. The summed E-state index contributed by atoms with van der Waals surface area (Å²) in [6.45, 7) is 13.0. The largest absolute Gasteiger partial charge is 0.323 e. The van der Waals surface area contributed by atoms with Crippen molar-refractivity contribution < 1.29 is 4.79 Å². The first kappa shape index (κ1) is 11.8. The topological polar surface area (TPSA) is 32.3 Å². The summed E-state index contributed by atoms with van der Waals surface area (Å²) in [5.41, 5.74) is 0.326. The number of carbonyl (C=O) groups excluding carboxylic acids is 1. The van der Waals surface area contributed by atoms with E-state index in [0.29, 0.717) is 5.70 Å². The molecular formula is C10H18N2O. The van der Waals surface area contributed by atoms with Gasteiger partial charge in [-0.2, -0.15) is 0 Å². The number of hydrogen-bond acceptors (Lipinski definition) is 1. The van der Waals surface area contributed by atoms with E-state index in [9.17, 15) is 4.79 Å². The van der Waals surface area contributed by atoms with Crippen molar-refractivity contribution in [3.63, 3.8) is 0 Å². The van der Waals surface area contributed by atoms with E-state index in [1.165, 1.54) is 6.08 Å². The lowest BCUT2D eigenvalue weighted by atomic mass is 10.1. The number of rotatable bonds is 2. The summed E-state index contributed by atoms with van der Waals surface area (Å²) in [5, 5.41) is 2.61. The van der Waals surface area contributed by atoms with E-state index in [-0.39, 0.29) is 11.6 Å². The van der Waals surface area contributed by atoms with E-state index in [4.69, 9.17) is 0 Å². The molecule has 0 rings (SSSR count). The molecule has 13 heavy (non-hydrogen) atoms. The summed E-state index contributed by atoms with van der Waals surface area (Å²) in [5.74, 6) is 0. The van der Waals surface area contributed by atoms with Crippen LogP contribution in [0.1, 0.15) is 20.8 Å². The van der Waals surface area contributed by atoms with Crippen molar-refractivity contribution in [3.8, 4) is 0 Å². The minimum absolute atomic E-state index is 0.169. The van der Waals surface area contributed by atoms with Crippen LogP contribution >= 0.6 is 0 Å². The van der Waals surface area contributed by atoms with E-state index >= 15 is 0 Å². The van der Waals surface area contributed by atoms with E-state index < -0.39 is 0 Å². The molecule has 0 heterocycles. The Balaban J connectivity index is 4.28. The molecular weight excluding hydrogens is 164 g/mol. The zero-order valence-corrected chi connectivity index (χ0v) is 8.85. The van der Waals surface area contributed by atoms with Crippen molar-refractivity contribution in [1.82, 2.24) is 10.2 Å². The lowest BCUT2D eigenvalue weighted by Gasteiger charge is -2.31. The van der Waals surface area contributed by atoms with Gasteiger partial charge in [0.1, 0.15) is 0 Å². The number of nitrogens with one attached hydrogen (secondary N) is 1. The minimum atomic E-state index is -0.189. The van der Waals surface area contributed by atoms with Crippen LogP contribution in [0.4, 0.5) is 4.79 Å². The third-order valence-electron chi connectivity index (χ3n) is 1.82. The Labute approximate surface area is 80.1 Å². The predicted octanol–water partition coefficient (Wildman–Crippen LogP) is 2.13. The van der Waals surface area contributed by atoms with Gasteiger partial charge in [0.05, 0.1) is 0 Å². The van der Waals surface area contributed by atoms with Gasteiger partial charge in [0.15, 0.2) is 0 Å². The van der Waals surface area contributed by atoms with Crippen LogP contribution in [0.15, 0.2) is 24.9 Å². The van der Waals surface area contributed by atoms with Gasteiger partial charge in [-0.1, -0.05) is 13.2 Å². The molecule has 1 N–H and O–H groups in total. The van der Waals surface area contributed by atoms with Gasteiger partial charge in [-0.05, 0) is 26.8 Å². The molecule has 0 saturated carbocycles. The number of carbonyl (C=O) groups is 1. The maximum Gasteiger partial charge on any atom is 0.321 e. The molecule has 0 aromatic carbocycles. The van der Waals surface area contributed by atoms with Crippen molar-refractivity contribution in [3.05, 3.63) is 24.9 Å². The van der Waals surface area contributed by atoms with Crippen LogP contribution in [0.3, 0.4) is 0 Å². The first-order valence-corrected chi connectivity index (χ1v) is 4.15. The van der Waals surface area contributed by atoms with Gasteiger partial charge in [-0.3, -0.25) is 0 Å². The van der Waals surface area contributed by atoms with E-state index in [2.05, 4.69) is 18.5 Å². The Morgan fingerprint density at radius 1 is 1.46 bits per heavy atom. The lowest BCUT2D eigenvalue weighted by Crippen LogP contribution is -2.47. The fraction of sp³-hybridized carbons (Fsp3) is 0.500. The smallest absolute Gasteiger partial charge is 0.321 e. The fourth-order valence-corrected chi connectivity index (χ4v) is 0.577. The van der Waals surface area contributed by atoms with Crippen LogP contribution < -0.4 is 5.32 Å². The van der Waals surface area contributed by atoms with Crippen molar-refractivity contribution >= 4 is 6.03 Å². The Morgan fingerprint density at radius 2 is 1.92 bits per heavy atom. The second-order valence-corrected chi connectivity index (χ2v) is 3.89. The van der Waals surface area contributed by atoms with Crippen molar-refractivity contribution in [1.29, 1.82) is 0 Å². The third kappa shape index (κ3) is 3.78. The van der Waals surface area contributed by atoms with Crippen LogP contribution in [-0.4, -0.2) is 23.5 Å². The Morgan fingerprint density at radius 3 is 2.23 bits per heavy atom. The van der Waals surface area contributed by atoms with Crippen molar-refractivity contribution in [2.24, 2.45) is 0 Å². The summed E-state index contributed by atoms with van der Waals surface area (Å²) in [7, 11) is 1.74. The summed E-state index contributed by atoms with van der Waals surface area (Å²) in [4.78, 5) is 13.1. The minimum Gasteiger partial charge on any atom is -0.323 e. The summed E-state index contributed by atoms with van der Waals surface area (Å²) in [6.07, 6.45) is 1.51. The van der Waals surface area contributed by atoms with Gasteiger partial charge in [0, 0.05) is 18.3 Å². The van der Waals surface area contributed by atoms with Crippen LogP contribution in [0.25, 0.3) is 0 Å². The van der Waals surface area contributed by atoms with Crippen LogP contribution in [-0.2, 0) is 0 Å². The standard InChI is InChI=1S/C10H18N2O/c1-7-8(2)11-9(13)12(6)10(3,4)5/h7H,1-2H2,3-6H3,(H,11,13). The maximum absolute atomic E-state index is 11.5. The van der Waals surface area contributed by atoms with Gasteiger partial charge >= 0.3 is 6.03 Å². The number of amides is 2. The summed E-state index contributed by atoms with van der Waals surface area (Å²) >= 11 is 0. The van der Waals surface area contributed by atoms with E-state index in [0.717, 1.165) is 0 Å². The van der Waals surface area contributed by atoms with Gasteiger partial charge < -0.3 is 10.2 Å². The number of nitrogens with zero attached hydrogens (tertiary/aromatic N) is 1. The summed E-state index contributed by atoms with van der Waals surface area (Å²) < 4.78 is 0. The molecule has 0 atom stereocenters. The van der Waals surface area contributed by atoms with Gasteiger partial charge in [-0.15, -0.1) is 0 Å². The third-order valence-corrected chi connectivity index (χ3v) is 1.82. The number of hydrogen-bond donors (Lipinski definition) is 1. The molecule has 0 spiro atoms. The average Bonchev–Trinajstić information content (AvgIpc) is 2.01. The highest BCUT2D eigenvalue weighted by atomic mass is 16.2. The normalized spacial score (nSPS) is 10.5. The molecule has 0 saturated heterocycles. The van der Waals surface area contributed by atoms with Gasteiger partial charge in [0.25, 0.3) is 0 Å². The average molecular weight is 182 g/mol. The zero-order chi connectivity index (χ0) is 10.6. The van der Waals surface area contributed by atoms with E-state index in [1.807, 2.05) is 20.8 Å². The zero-order valence-electron chi connectivity index (χ0n) is 8.85. The first-order valence-electron chi connectivity index (χ1n) is 4.15. The molecule has 0 aromatic rings. The molecule has 0 bridgehead atoms. The maximum atomic E-state index is 11.5. The molecule has 0 aliphatic rings. The monoisotopic (exact) mass is 182 g/mol. The second kappa shape index (κ2) is 4.12. The molecule has 74 valence electrons. The molecule has 3 nitrogen and oxygen atoms in total. The van der Waals surface area contributed by atoms with Gasteiger partial charge in [0.2, 0.25) is 0 Å². The van der Waals surface area contributed by atoms with E-state index in [1.54, 1.807) is 11.9 Å². The molecule has 0 aliphatic carbocycles. The highest BCUT2D eigenvalue weighted by Gasteiger charge is 2.21. The Bertz CT molecular complexity index is 226. The molecule has 0 aliphatic heterocycles. The summed E-state index contributed by atoms with van der Waals surface area (Å²) in [6, 6.07) is -0.169. The Hall–Kier alpha value is -1.25. The SMILES string of the molecule is C=CC(=C)NC(=O)N(C)C(C)(C)C. The molecule has 3 heteroatoms. The van der Waals surface area contributed by atoms with Gasteiger partial charge in [-0.25, -0.2) is 4.79 Å². The molecule has 0 radical (unpaired) electrons. The van der Waals surface area contributed by atoms with Crippen LogP contribution in [0.5, 0.6) is 0 Å².